The average Bonchev–Trinajstić information content (AvgIpc) is 2.93. The summed E-state index contributed by atoms with van der Waals surface area (Å²) < 4.78 is 31.9. The summed E-state index contributed by atoms with van der Waals surface area (Å²) in [7, 11) is -2.01. The molecular formula is C30H42ClN3O5S. The summed E-state index contributed by atoms with van der Waals surface area (Å²) in [4.78, 5) is 28.7. The molecule has 1 saturated carbocycles. The van der Waals surface area contributed by atoms with E-state index in [9.17, 15) is 18.0 Å². The fraction of sp³-hybridized carbons (Fsp3) is 0.533. The van der Waals surface area contributed by atoms with Gasteiger partial charge in [0.25, 0.3) is 0 Å². The Morgan fingerprint density at radius 2 is 1.77 bits per heavy atom. The molecule has 2 amide bonds. The molecule has 220 valence electrons. The molecule has 10 heteroatoms. The van der Waals surface area contributed by atoms with Gasteiger partial charge in [0.1, 0.15) is 11.8 Å². The molecule has 3 rings (SSSR count). The first-order valence-electron chi connectivity index (χ1n) is 14.0. The van der Waals surface area contributed by atoms with Crippen molar-refractivity contribution in [2.45, 2.75) is 83.8 Å². The Bertz CT molecular complexity index is 1250. The SMILES string of the molecule is CC[C@@H](C(=O)NC1CCCCC1)N(Cc1ccc(OC)cc1)C(=O)CCCN(c1cccc(Cl)c1C)S(C)(=O)=O. The zero-order chi connectivity index (χ0) is 29.3. The summed E-state index contributed by atoms with van der Waals surface area (Å²) in [6.45, 7) is 4.07. The van der Waals surface area contributed by atoms with Crippen LogP contribution in [-0.4, -0.2) is 57.1 Å². The molecule has 2 aromatic rings. The van der Waals surface area contributed by atoms with Crippen molar-refractivity contribution in [3.8, 4) is 5.75 Å². The van der Waals surface area contributed by atoms with Crippen molar-refractivity contribution in [1.82, 2.24) is 10.2 Å². The van der Waals surface area contributed by atoms with Crippen molar-refractivity contribution in [2.75, 3.05) is 24.2 Å². The van der Waals surface area contributed by atoms with Crippen LogP contribution in [0.25, 0.3) is 0 Å². The van der Waals surface area contributed by atoms with Crippen molar-refractivity contribution >= 4 is 39.1 Å². The Labute approximate surface area is 244 Å². The molecule has 1 N–H and O–H groups in total. The molecule has 0 spiro atoms. The van der Waals surface area contributed by atoms with E-state index in [1.807, 2.05) is 31.2 Å². The number of nitrogens with one attached hydrogen (secondary N) is 1. The van der Waals surface area contributed by atoms with Crippen LogP contribution in [-0.2, 0) is 26.2 Å². The Morgan fingerprint density at radius 1 is 1.10 bits per heavy atom. The van der Waals surface area contributed by atoms with Gasteiger partial charge in [0.15, 0.2) is 0 Å². The highest BCUT2D eigenvalue weighted by molar-refractivity contribution is 7.92. The van der Waals surface area contributed by atoms with Crippen molar-refractivity contribution in [3.63, 3.8) is 0 Å². The van der Waals surface area contributed by atoms with E-state index in [1.54, 1.807) is 37.1 Å². The van der Waals surface area contributed by atoms with Crippen LogP contribution in [0.15, 0.2) is 42.5 Å². The van der Waals surface area contributed by atoms with Crippen LogP contribution < -0.4 is 14.4 Å². The number of carbonyl (C=O) groups is 2. The van der Waals surface area contributed by atoms with E-state index in [-0.39, 0.29) is 43.8 Å². The topological polar surface area (TPSA) is 96.0 Å². The van der Waals surface area contributed by atoms with Gasteiger partial charge in [-0.2, -0.15) is 0 Å². The number of benzene rings is 2. The molecule has 0 unspecified atom stereocenters. The van der Waals surface area contributed by atoms with E-state index >= 15 is 0 Å². The van der Waals surface area contributed by atoms with Gasteiger partial charge in [0.05, 0.1) is 19.1 Å². The minimum atomic E-state index is -3.61. The Kier molecular flexibility index (Phi) is 11.7. The number of amides is 2. The maximum atomic E-state index is 13.7. The zero-order valence-corrected chi connectivity index (χ0v) is 25.6. The van der Waals surface area contributed by atoms with E-state index in [0.29, 0.717) is 28.4 Å². The first kappa shape index (κ1) is 31.7. The van der Waals surface area contributed by atoms with E-state index in [0.717, 1.165) is 37.5 Å². The number of sulfonamides is 1. The lowest BCUT2D eigenvalue weighted by atomic mass is 9.95. The minimum Gasteiger partial charge on any atom is -0.497 e. The lowest BCUT2D eigenvalue weighted by Gasteiger charge is -2.33. The van der Waals surface area contributed by atoms with Crippen LogP contribution in [0.1, 0.15) is 69.4 Å². The summed E-state index contributed by atoms with van der Waals surface area (Å²) in [5.74, 6) is 0.377. The van der Waals surface area contributed by atoms with Crippen molar-refractivity contribution in [3.05, 3.63) is 58.6 Å². The fourth-order valence-corrected chi connectivity index (χ4v) is 6.43. The molecule has 1 aliphatic carbocycles. The first-order chi connectivity index (χ1) is 19.0. The lowest BCUT2D eigenvalue weighted by Crippen LogP contribution is -2.51. The van der Waals surface area contributed by atoms with E-state index in [4.69, 9.17) is 16.3 Å². The maximum absolute atomic E-state index is 13.7. The van der Waals surface area contributed by atoms with Gasteiger partial charge in [-0.05, 0) is 68.0 Å². The molecule has 0 heterocycles. The standard InChI is InChI=1S/C30H42ClN3O5S/c1-5-27(30(36)32-24-11-7-6-8-12-24)33(21-23-16-18-25(39-3)19-17-23)29(35)15-10-20-34(40(4,37)38)28-14-9-13-26(31)22(28)2/h9,13-14,16-19,24,27H,5-8,10-12,15,20-21H2,1-4H3,(H,32,36)/t27-/m0/s1. The Hall–Kier alpha value is -2.78. The highest BCUT2D eigenvalue weighted by Crippen LogP contribution is 2.29. The molecule has 1 aliphatic rings. The molecular weight excluding hydrogens is 550 g/mol. The number of ether oxygens (including phenoxy) is 1. The second-order valence-electron chi connectivity index (χ2n) is 10.5. The third kappa shape index (κ3) is 8.61. The third-order valence-corrected chi connectivity index (χ3v) is 9.10. The monoisotopic (exact) mass is 591 g/mol. The molecule has 0 saturated heterocycles. The van der Waals surface area contributed by atoms with Gasteiger partial charge < -0.3 is 15.0 Å². The van der Waals surface area contributed by atoms with Crippen molar-refractivity contribution in [2.24, 2.45) is 0 Å². The van der Waals surface area contributed by atoms with E-state index in [2.05, 4.69) is 5.32 Å². The van der Waals surface area contributed by atoms with E-state index in [1.165, 1.54) is 10.7 Å². The lowest BCUT2D eigenvalue weighted by molar-refractivity contribution is -0.141. The number of rotatable bonds is 13. The van der Waals surface area contributed by atoms with Crippen molar-refractivity contribution in [1.29, 1.82) is 0 Å². The predicted octanol–water partition coefficient (Wildman–Crippen LogP) is 5.46. The van der Waals surface area contributed by atoms with Crippen LogP contribution in [0.4, 0.5) is 5.69 Å². The molecule has 2 aromatic carbocycles. The highest BCUT2D eigenvalue weighted by atomic mass is 35.5. The quantitative estimate of drug-likeness (QED) is 0.334. The summed E-state index contributed by atoms with van der Waals surface area (Å²) in [5, 5.41) is 3.66. The Balaban J connectivity index is 1.78. The second-order valence-corrected chi connectivity index (χ2v) is 12.8. The number of halogens is 1. The number of nitrogens with zero attached hydrogens (tertiary/aromatic N) is 2. The minimum absolute atomic E-state index is 0.0923. The molecule has 0 radical (unpaired) electrons. The van der Waals surface area contributed by atoms with Crippen LogP contribution >= 0.6 is 11.6 Å². The molecule has 8 nitrogen and oxygen atoms in total. The van der Waals surface area contributed by atoms with Crippen LogP contribution in [0, 0.1) is 6.92 Å². The third-order valence-electron chi connectivity index (χ3n) is 7.51. The van der Waals surface area contributed by atoms with Gasteiger partial charge in [-0.25, -0.2) is 8.42 Å². The zero-order valence-electron chi connectivity index (χ0n) is 24.0. The van der Waals surface area contributed by atoms with Crippen LogP contribution in [0.5, 0.6) is 5.75 Å². The number of hydrogen-bond donors (Lipinski definition) is 1. The summed E-state index contributed by atoms with van der Waals surface area (Å²) in [5.41, 5.74) is 2.04. The van der Waals surface area contributed by atoms with E-state index < -0.39 is 16.1 Å². The number of anilines is 1. The molecule has 0 bridgehead atoms. The number of methoxy groups -OCH3 is 1. The summed E-state index contributed by atoms with van der Waals surface area (Å²) in [6, 6.07) is 12.1. The second kappa shape index (κ2) is 14.7. The molecule has 0 aliphatic heterocycles. The van der Waals surface area contributed by atoms with Crippen molar-refractivity contribution < 1.29 is 22.7 Å². The highest BCUT2D eigenvalue weighted by Gasteiger charge is 2.30. The van der Waals surface area contributed by atoms with Crippen LogP contribution in [0.3, 0.4) is 0 Å². The molecule has 1 atom stereocenters. The van der Waals surface area contributed by atoms with Gasteiger partial charge in [-0.15, -0.1) is 0 Å². The van der Waals surface area contributed by atoms with Gasteiger partial charge in [0, 0.05) is 30.6 Å². The smallest absolute Gasteiger partial charge is 0.243 e. The van der Waals surface area contributed by atoms with Gasteiger partial charge >= 0.3 is 0 Å². The van der Waals surface area contributed by atoms with Gasteiger partial charge in [0.2, 0.25) is 21.8 Å². The molecule has 40 heavy (non-hydrogen) atoms. The molecule has 1 fully saturated rings. The van der Waals surface area contributed by atoms with Crippen LogP contribution in [0.2, 0.25) is 5.02 Å². The number of carbonyl (C=O) groups excluding carboxylic acids is 2. The maximum Gasteiger partial charge on any atom is 0.243 e. The largest absolute Gasteiger partial charge is 0.497 e. The molecule has 0 aromatic heterocycles. The average molecular weight is 592 g/mol. The van der Waals surface area contributed by atoms with Gasteiger partial charge in [-0.3, -0.25) is 13.9 Å². The fourth-order valence-electron chi connectivity index (χ4n) is 5.24. The van der Waals surface area contributed by atoms with Gasteiger partial charge in [-0.1, -0.05) is 56.0 Å². The summed E-state index contributed by atoms with van der Waals surface area (Å²) in [6.07, 6.45) is 7.29. The normalized spacial score (nSPS) is 14.8. The first-order valence-corrected chi connectivity index (χ1v) is 16.2. The predicted molar refractivity (Wildman–Crippen MR) is 160 cm³/mol. The number of hydrogen-bond acceptors (Lipinski definition) is 5. The summed E-state index contributed by atoms with van der Waals surface area (Å²) >= 11 is 6.25. The Morgan fingerprint density at radius 3 is 2.38 bits per heavy atom.